The van der Waals surface area contributed by atoms with E-state index in [0.717, 1.165) is 17.2 Å². The van der Waals surface area contributed by atoms with E-state index < -0.39 is 6.04 Å². The van der Waals surface area contributed by atoms with Gasteiger partial charge in [-0.25, -0.2) is 10.2 Å². The van der Waals surface area contributed by atoms with Crippen LogP contribution >= 0.6 is 11.3 Å². The molecule has 2 heterocycles. The molecule has 1 unspecified atom stereocenters. The van der Waals surface area contributed by atoms with Gasteiger partial charge in [0.25, 0.3) is 0 Å². The molecule has 0 bridgehead atoms. The van der Waals surface area contributed by atoms with Gasteiger partial charge in [-0.2, -0.15) is 0 Å². The second-order valence-corrected chi connectivity index (χ2v) is 4.36. The van der Waals surface area contributed by atoms with Gasteiger partial charge in [-0.3, -0.25) is 10.0 Å². The molecule has 0 saturated carbocycles. The van der Waals surface area contributed by atoms with Gasteiger partial charge in [-0.1, -0.05) is 6.92 Å². The maximum absolute atomic E-state index is 11.8. The van der Waals surface area contributed by atoms with Gasteiger partial charge in [-0.05, 0) is 18.4 Å². The van der Waals surface area contributed by atoms with E-state index in [-0.39, 0.29) is 5.97 Å². The molecule has 0 fully saturated rings. The quantitative estimate of drug-likeness (QED) is 0.830. The summed E-state index contributed by atoms with van der Waals surface area (Å²) in [5, 5.41) is 4.73. The third-order valence-electron chi connectivity index (χ3n) is 2.33. The number of carbonyl (C=O) groups excluding carboxylic acids is 1. The fraction of sp³-hybridized carbons (Fsp3) is 0.455. The molecule has 0 aromatic carbocycles. The molecule has 0 amide bonds. The van der Waals surface area contributed by atoms with E-state index in [1.54, 1.807) is 24.5 Å². The van der Waals surface area contributed by atoms with Crippen LogP contribution in [0.4, 0.5) is 10.7 Å². The molecule has 6 heteroatoms. The first kappa shape index (κ1) is 12.1. The van der Waals surface area contributed by atoms with Crippen LogP contribution in [0, 0.1) is 0 Å². The van der Waals surface area contributed by atoms with Crippen LogP contribution in [0.1, 0.15) is 13.8 Å². The van der Waals surface area contributed by atoms with Crippen molar-refractivity contribution in [1.29, 1.82) is 0 Å². The van der Waals surface area contributed by atoms with Crippen LogP contribution in [0.5, 0.6) is 0 Å². The van der Waals surface area contributed by atoms with Crippen molar-refractivity contribution in [3.8, 4) is 0 Å². The van der Waals surface area contributed by atoms with E-state index >= 15 is 0 Å². The average molecular weight is 253 g/mol. The Kier molecular flexibility index (Phi) is 3.75. The zero-order valence-electron chi connectivity index (χ0n) is 9.84. The number of nitrogens with one attached hydrogen (secondary N) is 1. The number of nitrogens with zero attached hydrogens (tertiary/aromatic N) is 2. The maximum Gasteiger partial charge on any atom is 0.336 e. The van der Waals surface area contributed by atoms with Gasteiger partial charge in [0.2, 0.25) is 0 Å². The highest BCUT2D eigenvalue weighted by Crippen LogP contribution is 2.37. The summed E-state index contributed by atoms with van der Waals surface area (Å²) in [6.07, 6.45) is 1.62. The van der Waals surface area contributed by atoms with Crippen molar-refractivity contribution in [3.05, 3.63) is 11.4 Å². The number of ether oxygens (including phenoxy) is 1. The van der Waals surface area contributed by atoms with Crippen molar-refractivity contribution in [1.82, 2.24) is 5.43 Å². The molecule has 2 rings (SSSR count). The number of anilines is 1. The van der Waals surface area contributed by atoms with Crippen LogP contribution in [-0.2, 0) is 9.53 Å². The number of thiophene rings is 1. The summed E-state index contributed by atoms with van der Waals surface area (Å²) in [5.41, 5.74) is 4.05. The lowest BCUT2D eigenvalue weighted by Crippen LogP contribution is -2.52. The Hall–Kier alpha value is -1.40. The van der Waals surface area contributed by atoms with Crippen molar-refractivity contribution >= 4 is 34.2 Å². The van der Waals surface area contributed by atoms with Crippen LogP contribution in [0.2, 0.25) is 0 Å². The molecule has 0 aliphatic carbocycles. The molecular formula is C11H15N3O2S. The minimum atomic E-state index is -0.485. The van der Waals surface area contributed by atoms with Crippen molar-refractivity contribution in [2.45, 2.75) is 19.9 Å². The van der Waals surface area contributed by atoms with E-state index in [2.05, 4.69) is 10.4 Å². The number of hydrazine groups is 1. The smallest absolute Gasteiger partial charge is 0.336 e. The molecule has 5 nitrogen and oxygen atoms in total. The molecule has 92 valence electrons. The fourth-order valence-electron chi connectivity index (χ4n) is 1.65. The Balaban J connectivity index is 2.25. The molecule has 1 atom stereocenters. The van der Waals surface area contributed by atoms with Gasteiger partial charge in [0, 0.05) is 12.8 Å². The molecule has 1 N–H and O–H groups in total. The van der Waals surface area contributed by atoms with Gasteiger partial charge in [0.05, 0.1) is 12.3 Å². The summed E-state index contributed by atoms with van der Waals surface area (Å²) in [6.45, 7) is 4.90. The second kappa shape index (κ2) is 5.29. The summed E-state index contributed by atoms with van der Waals surface area (Å²) < 4.78 is 5.04. The van der Waals surface area contributed by atoms with Crippen LogP contribution < -0.4 is 10.4 Å². The first-order chi connectivity index (χ1) is 8.27. The largest absolute Gasteiger partial charge is 0.464 e. The number of esters is 1. The normalized spacial score (nSPS) is 18.0. The van der Waals surface area contributed by atoms with Gasteiger partial charge in [0.1, 0.15) is 5.00 Å². The van der Waals surface area contributed by atoms with E-state index in [9.17, 15) is 4.79 Å². The van der Waals surface area contributed by atoms with Gasteiger partial charge >= 0.3 is 5.97 Å². The summed E-state index contributed by atoms with van der Waals surface area (Å²) in [7, 11) is 0. The lowest BCUT2D eigenvalue weighted by atomic mass is 10.2. The average Bonchev–Trinajstić information content (AvgIpc) is 2.78. The van der Waals surface area contributed by atoms with Crippen LogP contribution in [-0.4, -0.2) is 31.4 Å². The molecular weight excluding hydrogens is 238 g/mol. The van der Waals surface area contributed by atoms with Crippen LogP contribution in [0.25, 0.3) is 0 Å². The lowest BCUT2D eigenvalue weighted by Gasteiger charge is -2.31. The van der Waals surface area contributed by atoms with Gasteiger partial charge < -0.3 is 4.74 Å². The van der Waals surface area contributed by atoms with Crippen molar-refractivity contribution in [2.24, 2.45) is 4.99 Å². The highest BCUT2D eigenvalue weighted by atomic mass is 32.1. The maximum atomic E-state index is 11.8. The lowest BCUT2D eigenvalue weighted by molar-refractivity contribution is -0.143. The Morgan fingerprint density at radius 1 is 1.65 bits per heavy atom. The predicted octanol–water partition coefficient (Wildman–Crippen LogP) is 1.73. The molecule has 1 aromatic heterocycles. The zero-order chi connectivity index (χ0) is 12.3. The van der Waals surface area contributed by atoms with E-state index in [4.69, 9.17) is 4.74 Å². The van der Waals surface area contributed by atoms with Crippen molar-refractivity contribution in [2.75, 3.05) is 18.2 Å². The number of aliphatic imine (C=N–C) groups is 1. The number of rotatable bonds is 4. The summed E-state index contributed by atoms with van der Waals surface area (Å²) in [6, 6.07) is 1.45. The minimum absolute atomic E-state index is 0.281. The van der Waals surface area contributed by atoms with Crippen molar-refractivity contribution in [3.63, 3.8) is 0 Å². The van der Waals surface area contributed by atoms with Gasteiger partial charge in [-0.15, -0.1) is 11.3 Å². The molecule has 1 aliphatic heterocycles. The first-order valence-corrected chi connectivity index (χ1v) is 6.47. The Morgan fingerprint density at radius 3 is 3.18 bits per heavy atom. The molecule has 1 aromatic rings. The van der Waals surface area contributed by atoms with E-state index in [1.807, 2.05) is 23.4 Å². The van der Waals surface area contributed by atoms with Crippen LogP contribution in [0.15, 0.2) is 16.4 Å². The zero-order valence-corrected chi connectivity index (χ0v) is 10.7. The monoisotopic (exact) mass is 253 g/mol. The number of hydrogen-bond acceptors (Lipinski definition) is 6. The molecule has 0 saturated heterocycles. The molecule has 1 aliphatic rings. The standard InChI is InChI=1S/C11H15N3O2S/c1-3-13-14-9(11(15)16-4-2)7-12-8-5-6-17-10(8)14/h5-7,9,13H,3-4H2,1-2H3. The minimum Gasteiger partial charge on any atom is -0.464 e. The molecule has 17 heavy (non-hydrogen) atoms. The second-order valence-electron chi connectivity index (χ2n) is 3.47. The van der Waals surface area contributed by atoms with Crippen molar-refractivity contribution < 1.29 is 9.53 Å². The summed E-state index contributed by atoms with van der Waals surface area (Å²) in [5.74, 6) is -0.281. The van der Waals surface area contributed by atoms with Crippen LogP contribution in [0.3, 0.4) is 0 Å². The Morgan fingerprint density at radius 2 is 2.47 bits per heavy atom. The summed E-state index contributed by atoms with van der Waals surface area (Å²) in [4.78, 5) is 16.1. The van der Waals surface area contributed by atoms with Gasteiger partial charge in [0.15, 0.2) is 6.04 Å². The first-order valence-electron chi connectivity index (χ1n) is 5.59. The topological polar surface area (TPSA) is 53.9 Å². The molecule has 0 spiro atoms. The highest BCUT2D eigenvalue weighted by molar-refractivity contribution is 7.15. The Bertz CT molecular complexity index is 430. The fourth-order valence-corrected chi connectivity index (χ4v) is 2.51. The van der Waals surface area contributed by atoms with E-state index in [1.165, 1.54) is 0 Å². The van der Waals surface area contributed by atoms with E-state index in [0.29, 0.717) is 6.61 Å². The third kappa shape index (κ3) is 2.32. The Labute approximate surface area is 104 Å². The number of hydrogen-bond donors (Lipinski definition) is 1. The predicted molar refractivity (Wildman–Crippen MR) is 69.0 cm³/mol. The highest BCUT2D eigenvalue weighted by Gasteiger charge is 2.31. The number of carbonyl (C=O) groups is 1. The third-order valence-corrected chi connectivity index (χ3v) is 3.23. The SMILES string of the molecule is CCNN1c2sccc2N=CC1C(=O)OCC. The number of fused-ring (bicyclic) bond motifs is 1. The summed E-state index contributed by atoms with van der Waals surface area (Å²) >= 11 is 1.55. The molecule has 0 radical (unpaired) electrons.